The third-order valence-electron chi connectivity index (χ3n) is 3.27. The fourth-order valence-electron chi connectivity index (χ4n) is 1.84. The lowest BCUT2D eigenvalue weighted by molar-refractivity contribution is -0.144. The number of carbonyl (C=O) groups is 2. The predicted octanol–water partition coefficient (Wildman–Crippen LogP) is 0.966. The van der Waals surface area contributed by atoms with Crippen molar-refractivity contribution in [2.24, 2.45) is 5.92 Å². The van der Waals surface area contributed by atoms with Crippen LogP contribution in [-0.4, -0.2) is 42.9 Å². The van der Waals surface area contributed by atoms with Gasteiger partial charge in [-0.25, -0.2) is 9.59 Å². The lowest BCUT2D eigenvalue weighted by Gasteiger charge is -2.26. The number of ether oxygens (including phenoxy) is 1. The molecule has 6 heteroatoms. The van der Waals surface area contributed by atoms with Gasteiger partial charge in [0.1, 0.15) is 5.54 Å². The molecule has 1 saturated carbocycles. The van der Waals surface area contributed by atoms with E-state index in [0.29, 0.717) is 13.2 Å². The van der Waals surface area contributed by atoms with Crippen molar-refractivity contribution in [2.45, 2.75) is 38.1 Å². The monoisotopic (exact) mass is 258 g/mol. The molecular formula is C12H22N2O4. The molecule has 0 saturated heterocycles. The molecule has 1 aliphatic carbocycles. The van der Waals surface area contributed by atoms with Gasteiger partial charge >= 0.3 is 12.0 Å². The molecule has 6 nitrogen and oxygen atoms in total. The van der Waals surface area contributed by atoms with Gasteiger partial charge < -0.3 is 20.5 Å². The van der Waals surface area contributed by atoms with Gasteiger partial charge in [-0.1, -0.05) is 0 Å². The summed E-state index contributed by atoms with van der Waals surface area (Å²) in [6, 6.07) is -0.413. The molecule has 0 aromatic carbocycles. The lowest BCUT2D eigenvalue weighted by atomic mass is 9.96. The molecule has 2 amide bonds. The zero-order valence-electron chi connectivity index (χ0n) is 11.0. The first-order valence-electron chi connectivity index (χ1n) is 6.29. The van der Waals surface area contributed by atoms with Crippen molar-refractivity contribution in [1.29, 1.82) is 0 Å². The normalized spacial score (nSPS) is 17.9. The van der Waals surface area contributed by atoms with Crippen molar-refractivity contribution < 1.29 is 19.4 Å². The molecule has 0 aliphatic heterocycles. The predicted molar refractivity (Wildman–Crippen MR) is 66.4 cm³/mol. The number of carboxylic acids is 1. The van der Waals surface area contributed by atoms with Crippen molar-refractivity contribution in [3.8, 4) is 0 Å². The maximum Gasteiger partial charge on any atom is 0.329 e. The molecule has 18 heavy (non-hydrogen) atoms. The molecular weight excluding hydrogens is 236 g/mol. The van der Waals surface area contributed by atoms with Gasteiger partial charge in [0.25, 0.3) is 0 Å². The van der Waals surface area contributed by atoms with Gasteiger partial charge in [0.2, 0.25) is 0 Å². The highest BCUT2D eigenvalue weighted by Crippen LogP contribution is 2.39. The van der Waals surface area contributed by atoms with E-state index in [1.54, 1.807) is 14.0 Å². The Labute approximate surface area is 107 Å². The van der Waals surface area contributed by atoms with E-state index in [9.17, 15) is 14.7 Å². The fraction of sp³-hybridized carbons (Fsp3) is 0.833. The van der Waals surface area contributed by atoms with Crippen LogP contribution in [0.3, 0.4) is 0 Å². The van der Waals surface area contributed by atoms with Crippen LogP contribution in [0, 0.1) is 5.92 Å². The van der Waals surface area contributed by atoms with Crippen LogP contribution in [0.2, 0.25) is 0 Å². The van der Waals surface area contributed by atoms with Crippen LogP contribution in [0.15, 0.2) is 0 Å². The Kier molecular flexibility index (Phi) is 5.40. The number of amides is 2. The Morgan fingerprint density at radius 2 is 2.06 bits per heavy atom. The van der Waals surface area contributed by atoms with Gasteiger partial charge in [0, 0.05) is 20.3 Å². The molecule has 1 aliphatic rings. The van der Waals surface area contributed by atoms with Crippen molar-refractivity contribution in [1.82, 2.24) is 10.6 Å². The summed E-state index contributed by atoms with van der Waals surface area (Å²) < 4.78 is 4.89. The Hall–Kier alpha value is -1.30. The SMILES string of the molecule is COCCCCNC(=O)NC(C)(C(=O)O)C1CC1. The van der Waals surface area contributed by atoms with Gasteiger partial charge in [-0.3, -0.25) is 0 Å². The van der Waals surface area contributed by atoms with Gasteiger partial charge in [-0.2, -0.15) is 0 Å². The summed E-state index contributed by atoms with van der Waals surface area (Å²) in [4.78, 5) is 22.8. The summed E-state index contributed by atoms with van der Waals surface area (Å²) in [5.74, 6) is -0.922. The number of rotatable bonds is 8. The molecule has 0 aromatic heterocycles. The molecule has 0 spiro atoms. The number of carbonyl (C=O) groups excluding carboxylic acids is 1. The number of methoxy groups -OCH3 is 1. The molecule has 104 valence electrons. The third-order valence-corrected chi connectivity index (χ3v) is 3.27. The molecule has 0 aromatic rings. The Morgan fingerprint density at radius 3 is 2.56 bits per heavy atom. The standard InChI is InChI=1S/C12H22N2O4/c1-12(10(15)16,9-5-6-9)14-11(17)13-7-3-4-8-18-2/h9H,3-8H2,1-2H3,(H,15,16)(H2,13,14,17). The van der Waals surface area contributed by atoms with E-state index in [1.807, 2.05) is 0 Å². The molecule has 1 atom stereocenters. The maximum atomic E-state index is 11.6. The molecule has 3 N–H and O–H groups in total. The number of hydrogen-bond donors (Lipinski definition) is 3. The highest BCUT2D eigenvalue weighted by Gasteiger charge is 2.48. The Bertz CT molecular complexity index is 304. The summed E-state index contributed by atoms with van der Waals surface area (Å²) in [5, 5.41) is 14.4. The summed E-state index contributed by atoms with van der Waals surface area (Å²) in [5.41, 5.74) is -1.14. The van der Waals surface area contributed by atoms with E-state index < -0.39 is 17.5 Å². The quantitative estimate of drug-likeness (QED) is 0.566. The van der Waals surface area contributed by atoms with Crippen LogP contribution >= 0.6 is 0 Å². The number of nitrogens with one attached hydrogen (secondary N) is 2. The topological polar surface area (TPSA) is 87.7 Å². The first-order chi connectivity index (χ1) is 8.50. The molecule has 1 fully saturated rings. The summed E-state index contributed by atoms with van der Waals surface area (Å²) >= 11 is 0. The Morgan fingerprint density at radius 1 is 1.39 bits per heavy atom. The molecule has 0 radical (unpaired) electrons. The van der Waals surface area contributed by atoms with Gasteiger partial charge in [0.05, 0.1) is 0 Å². The van der Waals surface area contributed by atoms with Crippen LogP contribution in [0.5, 0.6) is 0 Å². The zero-order valence-corrected chi connectivity index (χ0v) is 11.0. The molecule has 0 bridgehead atoms. The minimum atomic E-state index is -1.14. The van der Waals surface area contributed by atoms with E-state index in [0.717, 1.165) is 25.7 Å². The number of aliphatic carboxylic acids is 1. The van der Waals surface area contributed by atoms with Gasteiger partial charge in [-0.15, -0.1) is 0 Å². The summed E-state index contributed by atoms with van der Waals surface area (Å²) in [6.07, 6.45) is 3.40. The van der Waals surface area contributed by atoms with Crippen molar-refractivity contribution in [2.75, 3.05) is 20.3 Å². The second kappa shape index (κ2) is 6.58. The van der Waals surface area contributed by atoms with E-state index in [1.165, 1.54) is 0 Å². The first kappa shape index (κ1) is 14.8. The van der Waals surface area contributed by atoms with E-state index in [-0.39, 0.29) is 5.92 Å². The van der Waals surface area contributed by atoms with Crippen LogP contribution in [-0.2, 0) is 9.53 Å². The van der Waals surface area contributed by atoms with Crippen molar-refractivity contribution in [3.63, 3.8) is 0 Å². The molecule has 1 unspecified atom stereocenters. The van der Waals surface area contributed by atoms with E-state index in [4.69, 9.17) is 4.74 Å². The maximum absolute atomic E-state index is 11.6. The number of urea groups is 1. The van der Waals surface area contributed by atoms with Gasteiger partial charge in [0.15, 0.2) is 0 Å². The first-order valence-corrected chi connectivity index (χ1v) is 6.29. The average molecular weight is 258 g/mol. The molecule has 0 heterocycles. The van der Waals surface area contributed by atoms with E-state index in [2.05, 4.69) is 10.6 Å². The van der Waals surface area contributed by atoms with Crippen LogP contribution in [0.4, 0.5) is 4.79 Å². The second-order valence-electron chi connectivity index (χ2n) is 4.86. The van der Waals surface area contributed by atoms with Crippen molar-refractivity contribution in [3.05, 3.63) is 0 Å². The largest absolute Gasteiger partial charge is 0.480 e. The average Bonchev–Trinajstić information content (AvgIpc) is 3.12. The minimum absolute atomic E-state index is 0.0502. The summed E-state index contributed by atoms with van der Waals surface area (Å²) in [7, 11) is 1.63. The third kappa shape index (κ3) is 4.18. The van der Waals surface area contributed by atoms with Crippen LogP contribution < -0.4 is 10.6 Å². The number of carboxylic acid groups (broad SMARTS) is 1. The van der Waals surface area contributed by atoms with E-state index >= 15 is 0 Å². The van der Waals surface area contributed by atoms with Gasteiger partial charge in [-0.05, 0) is 38.5 Å². The fourth-order valence-corrected chi connectivity index (χ4v) is 1.84. The van der Waals surface area contributed by atoms with Crippen molar-refractivity contribution >= 4 is 12.0 Å². The molecule has 1 rings (SSSR count). The highest BCUT2D eigenvalue weighted by molar-refractivity contribution is 5.86. The highest BCUT2D eigenvalue weighted by atomic mass is 16.5. The number of unbranched alkanes of at least 4 members (excludes halogenated alkanes) is 1. The summed E-state index contributed by atoms with van der Waals surface area (Å²) in [6.45, 7) is 2.76. The smallest absolute Gasteiger partial charge is 0.329 e. The zero-order chi connectivity index (χ0) is 13.6. The second-order valence-corrected chi connectivity index (χ2v) is 4.86. The van der Waals surface area contributed by atoms with Crippen LogP contribution in [0.25, 0.3) is 0 Å². The minimum Gasteiger partial charge on any atom is -0.480 e. The Balaban J connectivity index is 2.27. The number of hydrogen-bond acceptors (Lipinski definition) is 3. The van der Waals surface area contributed by atoms with Crippen LogP contribution in [0.1, 0.15) is 32.6 Å². The lowest BCUT2D eigenvalue weighted by Crippen LogP contribution is -2.56.